The van der Waals surface area contributed by atoms with E-state index in [0.717, 1.165) is 15.4 Å². The van der Waals surface area contributed by atoms with Crippen molar-refractivity contribution in [2.45, 2.75) is 0 Å². The number of amides is 1. The predicted octanol–water partition coefficient (Wildman–Crippen LogP) is 3.64. The average Bonchev–Trinajstić information content (AvgIpc) is 2.98. The molecule has 1 aromatic carbocycles. The zero-order valence-corrected chi connectivity index (χ0v) is 11.5. The summed E-state index contributed by atoms with van der Waals surface area (Å²) in [4.78, 5) is 19.2. The highest BCUT2D eigenvalue weighted by molar-refractivity contribution is 9.10. The minimum Gasteiger partial charge on any atom is -0.350 e. The minimum absolute atomic E-state index is 0.201. The van der Waals surface area contributed by atoms with Gasteiger partial charge in [0, 0.05) is 22.5 Å². The molecule has 0 aliphatic carbocycles. The van der Waals surface area contributed by atoms with E-state index in [4.69, 9.17) is 0 Å². The number of carbonyl (C=O) groups is 1. The zero-order valence-electron chi connectivity index (χ0n) is 9.11. The van der Waals surface area contributed by atoms with E-state index in [1.807, 2.05) is 29.6 Å². The third kappa shape index (κ3) is 1.93. The van der Waals surface area contributed by atoms with Crippen LogP contribution in [0.4, 0.5) is 5.13 Å². The molecule has 2 heterocycles. The lowest BCUT2D eigenvalue weighted by atomic mass is 10.2. The molecule has 3 aromatic rings. The fourth-order valence-electron chi connectivity index (χ4n) is 1.71. The van der Waals surface area contributed by atoms with Crippen LogP contribution in [0.3, 0.4) is 0 Å². The van der Waals surface area contributed by atoms with Gasteiger partial charge in [0.2, 0.25) is 0 Å². The quantitative estimate of drug-likeness (QED) is 0.757. The number of hydrogen-bond donors (Lipinski definition) is 2. The summed E-state index contributed by atoms with van der Waals surface area (Å²) in [6, 6.07) is 7.74. The lowest BCUT2D eigenvalue weighted by molar-refractivity contribution is 0.102. The number of nitrogens with zero attached hydrogens (tertiary/aromatic N) is 1. The molecule has 1 amide bonds. The van der Waals surface area contributed by atoms with Crippen LogP contribution in [-0.2, 0) is 0 Å². The monoisotopic (exact) mass is 321 g/mol. The molecule has 2 N–H and O–H groups in total. The third-order valence-corrected chi connectivity index (χ3v) is 4.03. The molecule has 0 unspecified atom stereocenters. The van der Waals surface area contributed by atoms with Gasteiger partial charge in [-0.05, 0) is 22.0 Å². The lowest BCUT2D eigenvalue weighted by Gasteiger charge is -1.99. The number of para-hydroxylation sites is 1. The van der Waals surface area contributed by atoms with Crippen molar-refractivity contribution in [3.63, 3.8) is 0 Å². The Morgan fingerprint density at radius 2 is 2.22 bits per heavy atom. The van der Waals surface area contributed by atoms with Gasteiger partial charge in [0.15, 0.2) is 5.13 Å². The van der Waals surface area contributed by atoms with Crippen molar-refractivity contribution in [1.29, 1.82) is 0 Å². The third-order valence-electron chi connectivity index (χ3n) is 2.52. The second-order valence-corrected chi connectivity index (χ2v) is 5.34. The summed E-state index contributed by atoms with van der Waals surface area (Å²) < 4.78 is 0.771. The molecule has 0 atom stereocenters. The smallest absolute Gasteiger partial charge is 0.275 e. The number of carbonyl (C=O) groups excluding carboxylic acids is 1. The van der Waals surface area contributed by atoms with Crippen LogP contribution in [0.1, 0.15) is 10.5 Å². The van der Waals surface area contributed by atoms with Crippen LogP contribution in [0, 0.1) is 0 Å². The molecular formula is C12H8BrN3OS. The molecule has 0 saturated heterocycles. The molecule has 0 bridgehead atoms. The maximum atomic E-state index is 12.1. The van der Waals surface area contributed by atoms with Crippen LogP contribution in [0.5, 0.6) is 0 Å². The van der Waals surface area contributed by atoms with Gasteiger partial charge < -0.3 is 4.98 Å². The fourth-order valence-corrected chi connectivity index (χ4v) is 2.86. The van der Waals surface area contributed by atoms with Crippen molar-refractivity contribution in [1.82, 2.24) is 9.97 Å². The molecule has 0 saturated carbocycles. The molecule has 0 radical (unpaired) electrons. The topological polar surface area (TPSA) is 57.8 Å². The molecular weight excluding hydrogens is 314 g/mol. The number of rotatable bonds is 2. The highest BCUT2D eigenvalue weighted by atomic mass is 79.9. The maximum absolute atomic E-state index is 12.1. The Bertz CT molecular complexity index is 705. The largest absolute Gasteiger partial charge is 0.350 e. The average molecular weight is 322 g/mol. The molecule has 0 aliphatic rings. The number of anilines is 1. The highest BCUT2D eigenvalue weighted by Crippen LogP contribution is 2.28. The first-order chi connectivity index (χ1) is 8.75. The molecule has 6 heteroatoms. The Hall–Kier alpha value is -1.66. The second kappa shape index (κ2) is 4.55. The molecule has 0 aliphatic heterocycles. The molecule has 18 heavy (non-hydrogen) atoms. The highest BCUT2D eigenvalue weighted by Gasteiger charge is 2.16. The number of thiazole rings is 1. The fraction of sp³-hybridized carbons (Fsp3) is 0. The van der Waals surface area contributed by atoms with Crippen LogP contribution < -0.4 is 5.32 Å². The second-order valence-electron chi connectivity index (χ2n) is 3.65. The van der Waals surface area contributed by atoms with Gasteiger partial charge in [-0.25, -0.2) is 4.98 Å². The van der Waals surface area contributed by atoms with Crippen molar-refractivity contribution >= 4 is 49.2 Å². The van der Waals surface area contributed by atoms with Crippen LogP contribution in [0.2, 0.25) is 0 Å². The minimum atomic E-state index is -0.201. The first-order valence-corrected chi connectivity index (χ1v) is 6.90. The van der Waals surface area contributed by atoms with Crippen LogP contribution in [0.15, 0.2) is 40.3 Å². The summed E-state index contributed by atoms with van der Waals surface area (Å²) in [7, 11) is 0. The van der Waals surface area contributed by atoms with E-state index in [0.29, 0.717) is 10.8 Å². The Labute approximate surface area is 115 Å². The molecule has 90 valence electrons. The number of fused-ring (bicyclic) bond motifs is 1. The Morgan fingerprint density at radius 1 is 1.39 bits per heavy atom. The van der Waals surface area contributed by atoms with Crippen LogP contribution in [0.25, 0.3) is 10.9 Å². The number of aromatic amines is 1. The number of nitrogens with one attached hydrogen (secondary N) is 2. The Morgan fingerprint density at radius 3 is 2.94 bits per heavy atom. The molecule has 2 aromatic heterocycles. The number of benzene rings is 1. The lowest BCUT2D eigenvalue weighted by Crippen LogP contribution is -2.12. The number of halogens is 1. The van der Waals surface area contributed by atoms with Crippen molar-refractivity contribution < 1.29 is 4.79 Å². The van der Waals surface area contributed by atoms with Gasteiger partial charge >= 0.3 is 0 Å². The van der Waals surface area contributed by atoms with E-state index >= 15 is 0 Å². The first-order valence-electron chi connectivity index (χ1n) is 5.23. The van der Waals surface area contributed by atoms with Gasteiger partial charge in [-0.3, -0.25) is 10.1 Å². The summed E-state index contributed by atoms with van der Waals surface area (Å²) in [6.45, 7) is 0. The van der Waals surface area contributed by atoms with Crippen LogP contribution >= 0.6 is 27.3 Å². The Kier molecular flexibility index (Phi) is 2.89. The predicted molar refractivity (Wildman–Crippen MR) is 76.1 cm³/mol. The van der Waals surface area contributed by atoms with E-state index < -0.39 is 0 Å². The van der Waals surface area contributed by atoms with Gasteiger partial charge in [0.25, 0.3) is 5.91 Å². The summed E-state index contributed by atoms with van der Waals surface area (Å²) in [5.41, 5.74) is 1.43. The summed E-state index contributed by atoms with van der Waals surface area (Å²) in [5.74, 6) is -0.201. The van der Waals surface area contributed by atoms with E-state index in [1.54, 1.807) is 6.20 Å². The van der Waals surface area contributed by atoms with E-state index in [9.17, 15) is 4.79 Å². The summed E-state index contributed by atoms with van der Waals surface area (Å²) >= 11 is 4.83. The zero-order chi connectivity index (χ0) is 12.5. The standard InChI is InChI=1S/C12H8BrN3OS/c13-9-7-3-1-2-4-8(7)15-10(9)11(17)16-12-14-5-6-18-12/h1-6,15H,(H,14,16,17). The van der Waals surface area contributed by atoms with Gasteiger partial charge in [0.1, 0.15) is 5.69 Å². The van der Waals surface area contributed by atoms with Gasteiger partial charge in [-0.15, -0.1) is 11.3 Å². The molecule has 0 spiro atoms. The van der Waals surface area contributed by atoms with Crippen molar-refractivity contribution in [3.8, 4) is 0 Å². The number of H-pyrrole nitrogens is 1. The normalized spacial score (nSPS) is 10.7. The van der Waals surface area contributed by atoms with Gasteiger partial charge in [0.05, 0.1) is 4.47 Å². The number of hydrogen-bond acceptors (Lipinski definition) is 3. The number of aromatic nitrogens is 2. The van der Waals surface area contributed by atoms with Gasteiger partial charge in [-0.1, -0.05) is 18.2 Å². The van der Waals surface area contributed by atoms with Crippen molar-refractivity contribution in [2.75, 3.05) is 5.32 Å². The van der Waals surface area contributed by atoms with E-state index in [-0.39, 0.29) is 5.91 Å². The summed E-state index contributed by atoms with van der Waals surface area (Å²) in [5, 5.41) is 6.14. The molecule has 4 nitrogen and oxygen atoms in total. The maximum Gasteiger partial charge on any atom is 0.275 e. The van der Waals surface area contributed by atoms with Gasteiger partial charge in [-0.2, -0.15) is 0 Å². The Balaban J connectivity index is 1.99. The van der Waals surface area contributed by atoms with Crippen molar-refractivity contribution in [2.24, 2.45) is 0 Å². The van der Waals surface area contributed by atoms with Crippen LogP contribution in [-0.4, -0.2) is 15.9 Å². The molecule has 0 fully saturated rings. The van der Waals surface area contributed by atoms with Crippen molar-refractivity contribution in [3.05, 3.63) is 46.0 Å². The first kappa shape index (κ1) is 11.4. The van der Waals surface area contributed by atoms with E-state index in [1.165, 1.54) is 11.3 Å². The summed E-state index contributed by atoms with van der Waals surface area (Å²) in [6.07, 6.45) is 1.65. The van der Waals surface area contributed by atoms with E-state index in [2.05, 4.69) is 31.2 Å². The molecule has 3 rings (SSSR count). The SMILES string of the molecule is O=C(Nc1nccs1)c1[nH]c2ccccc2c1Br.